The quantitative estimate of drug-likeness (QED) is 0.837. The van der Waals surface area contributed by atoms with Crippen LogP contribution in [0, 0.1) is 36.9 Å². The molecule has 0 aliphatic rings. The molecular formula is C5H10NdO4. The Morgan fingerprint density at radius 3 is 2.00 bits per heavy atom. The summed E-state index contributed by atoms with van der Waals surface area (Å²) < 4.78 is 17.1. The summed E-state index contributed by atoms with van der Waals surface area (Å²) in [5.74, 6) is -0.693. The SMILES string of the molecule is CCCCC(=O)O.[O]=[Nd]=[O]. The summed E-state index contributed by atoms with van der Waals surface area (Å²) in [7, 11) is 0. The Bertz CT molecular complexity index is 117. The minimum absolute atomic E-state index is 0.316. The zero-order valence-corrected chi connectivity index (χ0v) is 9.00. The summed E-state index contributed by atoms with van der Waals surface area (Å²) in [5, 5.41) is 8.04. The van der Waals surface area contributed by atoms with Crippen LogP contribution >= 0.6 is 0 Å². The molecule has 58 valence electrons. The summed E-state index contributed by atoms with van der Waals surface area (Å²) in [5.41, 5.74) is 0. The summed E-state index contributed by atoms with van der Waals surface area (Å²) in [6.07, 6.45) is 2.08. The molecule has 0 heterocycles. The fourth-order valence-corrected chi connectivity index (χ4v) is 0.328. The third-order valence-electron chi connectivity index (χ3n) is 0.744. The van der Waals surface area contributed by atoms with E-state index in [-0.39, 0.29) is 0 Å². The maximum absolute atomic E-state index is 9.76. The fraction of sp³-hybridized carbons (Fsp3) is 0.800. The van der Waals surface area contributed by atoms with E-state index in [1.807, 2.05) is 6.92 Å². The molecule has 0 saturated heterocycles. The first-order valence-electron chi connectivity index (χ1n) is 2.90. The molecule has 0 rings (SSSR count). The predicted octanol–water partition coefficient (Wildman–Crippen LogP) is 1.02. The molecule has 0 amide bonds. The number of carbonyl (C=O) groups is 1. The van der Waals surface area contributed by atoms with Crippen molar-refractivity contribution >= 4 is 5.97 Å². The molecule has 0 bridgehead atoms. The average molecular weight is 278 g/mol. The Morgan fingerprint density at radius 2 is 1.90 bits per heavy atom. The Morgan fingerprint density at radius 1 is 1.50 bits per heavy atom. The van der Waals surface area contributed by atoms with Crippen molar-refractivity contribution in [3.05, 3.63) is 0 Å². The van der Waals surface area contributed by atoms with Crippen molar-refractivity contribution in [2.75, 3.05) is 0 Å². The third-order valence-corrected chi connectivity index (χ3v) is 0.744. The first-order valence-corrected chi connectivity index (χ1v) is 5.52. The first-order chi connectivity index (χ1) is 4.68. The fourth-order valence-electron chi connectivity index (χ4n) is 0.328. The number of hydrogen-bond donors (Lipinski definition) is 1. The molecule has 0 radical (unpaired) electrons. The number of unbranched alkanes of at least 4 members (excludes halogenated alkanes) is 1. The van der Waals surface area contributed by atoms with Crippen LogP contribution in [0.5, 0.6) is 0 Å². The molecule has 10 heavy (non-hydrogen) atoms. The van der Waals surface area contributed by atoms with Gasteiger partial charge in [0.1, 0.15) is 0 Å². The van der Waals surface area contributed by atoms with Gasteiger partial charge in [-0.15, -0.1) is 0 Å². The molecular weight excluding hydrogens is 268 g/mol. The van der Waals surface area contributed by atoms with Gasteiger partial charge in [0.2, 0.25) is 0 Å². The van der Waals surface area contributed by atoms with Gasteiger partial charge in [0.25, 0.3) is 0 Å². The molecule has 0 fully saturated rings. The summed E-state index contributed by atoms with van der Waals surface area (Å²) in [6, 6.07) is 0. The van der Waals surface area contributed by atoms with E-state index in [0.717, 1.165) is 12.8 Å². The normalized spacial score (nSPS) is 6.90. The number of hydrogen-bond acceptors (Lipinski definition) is 3. The van der Waals surface area contributed by atoms with Gasteiger partial charge < -0.3 is 5.11 Å². The van der Waals surface area contributed by atoms with Crippen LogP contribution in [0.3, 0.4) is 0 Å². The Kier molecular flexibility index (Phi) is 15.8. The van der Waals surface area contributed by atoms with Crippen LogP contribution in [0.1, 0.15) is 26.2 Å². The second-order valence-corrected chi connectivity index (χ2v) is 2.12. The van der Waals surface area contributed by atoms with Crippen molar-refractivity contribution in [2.24, 2.45) is 0 Å². The molecule has 0 aromatic heterocycles. The molecule has 0 aromatic carbocycles. The van der Waals surface area contributed by atoms with E-state index < -0.39 is 42.9 Å². The van der Waals surface area contributed by atoms with Gasteiger partial charge >= 0.3 is 45.0 Å². The monoisotopic (exact) mass is 276 g/mol. The molecule has 4 nitrogen and oxygen atoms in total. The van der Waals surface area contributed by atoms with E-state index in [9.17, 15) is 4.79 Å². The number of carboxylic acids is 1. The van der Waals surface area contributed by atoms with Gasteiger partial charge in [-0.3, -0.25) is 4.79 Å². The van der Waals surface area contributed by atoms with Crippen LogP contribution in [0.25, 0.3) is 0 Å². The molecule has 0 spiro atoms. The second kappa shape index (κ2) is 12.1. The van der Waals surface area contributed by atoms with Gasteiger partial charge in [-0.25, -0.2) is 0 Å². The molecule has 1 N–H and O–H groups in total. The van der Waals surface area contributed by atoms with Crippen molar-refractivity contribution in [3.63, 3.8) is 0 Å². The molecule has 0 saturated carbocycles. The van der Waals surface area contributed by atoms with E-state index in [2.05, 4.69) is 0 Å². The van der Waals surface area contributed by atoms with Crippen molar-refractivity contribution in [2.45, 2.75) is 26.2 Å². The molecule has 0 unspecified atom stereocenters. The molecule has 0 atom stereocenters. The van der Waals surface area contributed by atoms with Gasteiger partial charge in [-0.2, -0.15) is 0 Å². The minimum atomic E-state index is -2.42. The summed E-state index contributed by atoms with van der Waals surface area (Å²) in [4.78, 5) is 9.76. The van der Waals surface area contributed by atoms with Gasteiger partial charge in [-0.1, -0.05) is 13.3 Å². The molecule has 0 aromatic rings. The Hall–Kier alpha value is 0.421. The third kappa shape index (κ3) is 23.7. The van der Waals surface area contributed by atoms with Crippen LogP contribution in [-0.4, -0.2) is 11.1 Å². The average Bonchev–Trinajstić information content (AvgIpc) is 1.85. The second-order valence-electron chi connectivity index (χ2n) is 1.58. The van der Waals surface area contributed by atoms with E-state index in [4.69, 9.17) is 7.21 Å². The number of aliphatic carboxylic acids is 1. The predicted molar refractivity (Wildman–Crippen MR) is 28.5 cm³/mol. The van der Waals surface area contributed by atoms with Crippen molar-refractivity contribution < 1.29 is 48.9 Å². The van der Waals surface area contributed by atoms with Crippen molar-refractivity contribution in [3.8, 4) is 0 Å². The van der Waals surface area contributed by atoms with Gasteiger partial charge in [0, 0.05) is 6.42 Å². The van der Waals surface area contributed by atoms with E-state index in [0.29, 0.717) is 6.42 Å². The maximum atomic E-state index is 9.76. The van der Waals surface area contributed by atoms with Gasteiger partial charge in [0.15, 0.2) is 0 Å². The molecule has 0 aliphatic heterocycles. The van der Waals surface area contributed by atoms with Crippen LogP contribution < -0.4 is 0 Å². The van der Waals surface area contributed by atoms with Crippen LogP contribution in [0.4, 0.5) is 0 Å². The number of rotatable bonds is 3. The molecule has 0 aliphatic carbocycles. The van der Waals surface area contributed by atoms with Crippen LogP contribution in [0.15, 0.2) is 0 Å². The van der Waals surface area contributed by atoms with Crippen molar-refractivity contribution in [1.82, 2.24) is 0 Å². The Balaban J connectivity index is 0. The zero-order chi connectivity index (χ0) is 8.41. The van der Waals surface area contributed by atoms with Crippen molar-refractivity contribution in [1.29, 1.82) is 0 Å². The standard InChI is InChI=1S/C5H10O2.Nd.2O/c1-2-3-4-5(6)7;;;/h2-4H2,1H3,(H,6,7);;;. The van der Waals surface area contributed by atoms with Crippen LogP contribution in [0.2, 0.25) is 0 Å². The van der Waals surface area contributed by atoms with Gasteiger partial charge in [0.05, 0.1) is 0 Å². The van der Waals surface area contributed by atoms with Crippen LogP contribution in [-0.2, 0) is 6.90 Å². The zero-order valence-electron chi connectivity index (χ0n) is 5.79. The first kappa shape index (κ1) is 13.0. The van der Waals surface area contributed by atoms with E-state index in [1.165, 1.54) is 0 Å². The van der Waals surface area contributed by atoms with E-state index in [1.54, 1.807) is 0 Å². The molecule has 5 heteroatoms. The Labute approximate surface area is 80.4 Å². The topological polar surface area (TPSA) is 71.4 Å². The van der Waals surface area contributed by atoms with E-state index >= 15 is 0 Å². The summed E-state index contributed by atoms with van der Waals surface area (Å²) in [6.45, 7) is 1.98. The summed E-state index contributed by atoms with van der Waals surface area (Å²) >= 11 is -2.42. The van der Waals surface area contributed by atoms with Gasteiger partial charge in [-0.05, 0) is 6.42 Å². The number of carboxylic acid groups (broad SMARTS) is 1.